The van der Waals surface area contributed by atoms with Gasteiger partial charge in [-0.25, -0.2) is 0 Å². The summed E-state index contributed by atoms with van der Waals surface area (Å²) in [5.41, 5.74) is 11.5. The molecule has 1 saturated carbocycles. The van der Waals surface area contributed by atoms with Crippen LogP contribution in [0.15, 0.2) is 48.5 Å². The van der Waals surface area contributed by atoms with Gasteiger partial charge in [-0.15, -0.1) is 0 Å². The molecule has 1 heteroatoms. The largest absolute Gasteiger partial charge is 0.324 e. The molecular weight excluding hydrogens is 242 g/mol. The van der Waals surface area contributed by atoms with E-state index in [0.29, 0.717) is 0 Å². The Morgan fingerprint density at radius 3 is 2.40 bits per heavy atom. The van der Waals surface area contributed by atoms with Gasteiger partial charge in [0.05, 0.1) is 0 Å². The highest BCUT2D eigenvalue weighted by atomic mass is 14.6. The summed E-state index contributed by atoms with van der Waals surface area (Å²) in [6.07, 6.45) is 5.07. The van der Waals surface area contributed by atoms with E-state index in [1.165, 1.54) is 41.5 Å². The maximum atomic E-state index is 6.15. The molecule has 3 rings (SSSR count). The molecule has 2 aromatic carbocycles. The molecule has 0 saturated heterocycles. The quantitative estimate of drug-likeness (QED) is 0.824. The Hall–Kier alpha value is -1.60. The Bertz CT molecular complexity index is 538. The molecular formula is C19H23N. The normalized spacial score (nSPS) is 16.7. The third-order valence-electron chi connectivity index (χ3n) is 4.55. The van der Waals surface area contributed by atoms with Gasteiger partial charge in [-0.1, -0.05) is 55.8 Å². The molecule has 1 aliphatic rings. The van der Waals surface area contributed by atoms with Crippen LogP contribution in [-0.2, 0) is 0 Å². The molecule has 0 heterocycles. The van der Waals surface area contributed by atoms with Crippen LogP contribution in [0.1, 0.15) is 55.7 Å². The van der Waals surface area contributed by atoms with Gasteiger partial charge in [0.25, 0.3) is 0 Å². The zero-order valence-corrected chi connectivity index (χ0v) is 12.2. The maximum absolute atomic E-state index is 6.15. The summed E-state index contributed by atoms with van der Waals surface area (Å²) < 4.78 is 0. The highest BCUT2D eigenvalue weighted by molar-refractivity contribution is 5.65. The standard InChI is InChI=1S/C19H23N/c1-2-19(20)18-11-5-10-17(13-18)16-9-4-8-15(12-16)14-6-3-7-14/h4-5,8-14,19H,2-3,6-7,20H2,1H3. The number of nitrogens with two attached hydrogens (primary N) is 1. The van der Waals surface area contributed by atoms with Crippen molar-refractivity contribution in [2.75, 3.05) is 0 Å². The lowest BCUT2D eigenvalue weighted by Crippen LogP contribution is -2.09. The van der Waals surface area contributed by atoms with Gasteiger partial charge >= 0.3 is 0 Å². The molecule has 2 N–H and O–H groups in total. The molecule has 0 aromatic heterocycles. The van der Waals surface area contributed by atoms with E-state index in [-0.39, 0.29) is 6.04 Å². The predicted octanol–water partition coefficient (Wildman–Crippen LogP) is 5.03. The van der Waals surface area contributed by atoms with Crippen molar-refractivity contribution >= 4 is 0 Å². The summed E-state index contributed by atoms with van der Waals surface area (Å²) in [5, 5.41) is 0. The van der Waals surface area contributed by atoms with Crippen molar-refractivity contribution in [1.82, 2.24) is 0 Å². The SMILES string of the molecule is CCC(N)c1cccc(-c2cccc(C3CCC3)c2)c1. The average molecular weight is 265 g/mol. The van der Waals surface area contributed by atoms with Gasteiger partial charge in [0.2, 0.25) is 0 Å². The highest BCUT2D eigenvalue weighted by Gasteiger charge is 2.19. The number of benzene rings is 2. The van der Waals surface area contributed by atoms with Crippen LogP contribution in [0, 0.1) is 0 Å². The van der Waals surface area contributed by atoms with E-state index in [0.717, 1.165) is 12.3 Å². The second-order valence-corrected chi connectivity index (χ2v) is 5.89. The van der Waals surface area contributed by atoms with Crippen molar-refractivity contribution in [3.63, 3.8) is 0 Å². The van der Waals surface area contributed by atoms with Crippen molar-refractivity contribution in [2.24, 2.45) is 5.73 Å². The highest BCUT2D eigenvalue weighted by Crippen LogP contribution is 2.37. The smallest absolute Gasteiger partial charge is 0.0292 e. The third kappa shape index (κ3) is 2.64. The van der Waals surface area contributed by atoms with Gasteiger partial charge in [-0.05, 0) is 53.5 Å². The molecule has 0 spiro atoms. The van der Waals surface area contributed by atoms with Crippen LogP contribution in [-0.4, -0.2) is 0 Å². The Balaban J connectivity index is 1.92. The molecule has 20 heavy (non-hydrogen) atoms. The molecule has 2 aromatic rings. The lowest BCUT2D eigenvalue weighted by molar-refractivity contribution is 0.420. The zero-order chi connectivity index (χ0) is 13.9. The van der Waals surface area contributed by atoms with Crippen LogP contribution in [0.4, 0.5) is 0 Å². The average Bonchev–Trinajstić information content (AvgIpc) is 2.45. The summed E-state index contributed by atoms with van der Waals surface area (Å²) in [6, 6.07) is 17.9. The third-order valence-corrected chi connectivity index (χ3v) is 4.55. The Morgan fingerprint density at radius 1 is 1.05 bits per heavy atom. The van der Waals surface area contributed by atoms with Crippen LogP contribution < -0.4 is 5.73 Å². The van der Waals surface area contributed by atoms with Crippen LogP contribution >= 0.6 is 0 Å². The first-order valence-corrected chi connectivity index (χ1v) is 7.74. The van der Waals surface area contributed by atoms with Crippen LogP contribution in [0.25, 0.3) is 11.1 Å². The van der Waals surface area contributed by atoms with Crippen LogP contribution in [0.5, 0.6) is 0 Å². The Kier molecular flexibility index (Phi) is 3.88. The fourth-order valence-corrected chi connectivity index (χ4v) is 2.90. The van der Waals surface area contributed by atoms with Gasteiger partial charge < -0.3 is 5.73 Å². The minimum atomic E-state index is 0.143. The lowest BCUT2D eigenvalue weighted by atomic mass is 9.79. The molecule has 1 nitrogen and oxygen atoms in total. The van der Waals surface area contributed by atoms with Gasteiger partial charge in [-0.3, -0.25) is 0 Å². The van der Waals surface area contributed by atoms with Gasteiger partial charge in [-0.2, -0.15) is 0 Å². The number of hydrogen-bond acceptors (Lipinski definition) is 1. The second-order valence-electron chi connectivity index (χ2n) is 5.89. The van der Waals surface area contributed by atoms with E-state index in [1.54, 1.807) is 0 Å². The summed E-state index contributed by atoms with van der Waals surface area (Å²) >= 11 is 0. The molecule has 1 aliphatic carbocycles. The molecule has 0 amide bonds. The zero-order valence-electron chi connectivity index (χ0n) is 12.2. The lowest BCUT2D eigenvalue weighted by Gasteiger charge is -2.26. The van der Waals surface area contributed by atoms with E-state index in [2.05, 4.69) is 55.5 Å². The minimum Gasteiger partial charge on any atom is -0.324 e. The van der Waals surface area contributed by atoms with E-state index in [1.807, 2.05) is 0 Å². The van der Waals surface area contributed by atoms with Gasteiger partial charge in [0.15, 0.2) is 0 Å². The second kappa shape index (κ2) is 5.80. The molecule has 104 valence electrons. The summed E-state index contributed by atoms with van der Waals surface area (Å²) in [6.45, 7) is 2.13. The molecule has 1 fully saturated rings. The monoisotopic (exact) mass is 265 g/mol. The first kappa shape index (κ1) is 13.4. The number of hydrogen-bond donors (Lipinski definition) is 1. The van der Waals surface area contributed by atoms with Crippen molar-refractivity contribution in [3.05, 3.63) is 59.7 Å². The van der Waals surface area contributed by atoms with Gasteiger partial charge in [0.1, 0.15) is 0 Å². The van der Waals surface area contributed by atoms with E-state index >= 15 is 0 Å². The molecule has 0 radical (unpaired) electrons. The van der Waals surface area contributed by atoms with Crippen molar-refractivity contribution in [1.29, 1.82) is 0 Å². The first-order valence-electron chi connectivity index (χ1n) is 7.74. The Morgan fingerprint density at radius 2 is 1.75 bits per heavy atom. The fraction of sp³-hybridized carbons (Fsp3) is 0.368. The van der Waals surface area contributed by atoms with E-state index < -0.39 is 0 Å². The van der Waals surface area contributed by atoms with Crippen molar-refractivity contribution in [3.8, 4) is 11.1 Å². The van der Waals surface area contributed by atoms with Crippen LogP contribution in [0.3, 0.4) is 0 Å². The van der Waals surface area contributed by atoms with E-state index in [9.17, 15) is 0 Å². The topological polar surface area (TPSA) is 26.0 Å². The Labute approximate surface area is 121 Å². The van der Waals surface area contributed by atoms with Gasteiger partial charge in [0, 0.05) is 6.04 Å². The maximum Gasteiger partial charge on any atom is 0.0292 e. The summed E-state index contributed by atoms with van der Waals surface area (Å²) in [5.74, 6) is 0.788. The molecule has 1 atom stereocenters. The molecule has 0 aliphatic heterocycles. The van der Waals surface area contributed by atoms with E-state index in [4.69, 9.17) is 5.73 Å². The minimum absolute atomic E-state index is 0.143. The fourth-order valence-electron chi connectivity index (χ4n) is 2.90. The molecule has 0 bridgehead atoms. The summed E-state index contributed by atoms with van der Waals surface area (Å²) in [7, 11) is 0. The first-order chi connectivity index (χ1) is 9.78. The molecule has 1 unspecified atom stereocenters. The predicted molar refractivity (Wildman–Crippen MR) is 85.7 cm³/mol. The summed E-state index contributed by atoms with van der Waals surface area (Å²) in [4.78, 5) is 0. The van der Waals surface area contributed by atoms with Crippen molar-refractivity contribution < 1.29 is 0 Å². The van der Waals surface area contributed by atoms with Crippen molar-refractivity contribution in [2.45, 2.75) is 44.6 Å². The number of rotatable bonds is 4. The van der Waals surface area contributed by atoms with Crippen LogP contribution in [0.2, 0.25) is 0 Å².